The average Bonchev–Trinajstić information content (AvgIpc) is 2.76. The van der Waals surface area contributed by atoms with Crippen LogP contribution in [0, 0.1) is 0 Å². The van der Waals surface area contributed by atoms with Crippen LogP contribution in [0.2, 0.25) is 0 Å². The van der Waals surface area contributed by atoms with Crippen LogP contribution in [0.5, 0.6) is 0 Å². The van der Waals surface area contributed by atoms with Crippen molar-refractivity contribution in [3.05, 3.63) is 90.3 Å². The summed E-state index contributed by atoms with van der Waals surface area (Å²) in [5, 5.41) is 16.4. The molecule has 3 heterocycles. The number of H-pyrrole nitrogens is 1. The molecule has 218 valence electrons. The van der Waals surface area contributed by atoms with Gasteiger partial charge in [0.25, 0.3) is 5.96 Å². The van der Waals surface area contributed by atoms with E-state index < -0.39 is 0 Å². The summed E-state index contributed by atoms with van der Waals surface area (Å²) >= 11 is 0. The van der Waals surface area contributed by atoms with Gasteiger partial charge in [-0.25, -0.2) is 15.8 Å². The molecule has 0 aliphatic carbocycles. The fourth-order valence-corrected chi connectivity index (χ4v) is 1.94. The second kappa shape index (κ2) is 32.7. The summed E-state index contributed by atoms with van der Waals surface area (Å²) in [5.41, 5.74) is 8.26. The molecule has 0 unspecified atom stereocenters. The standard InChI is InChI=1S/C19H17N9.ClH.9H2O/c1-7-20-8-2-16(1)13-23-26-19(27-24-14-17-3-9-21-10-4-17)28-25-15-18-5-11-22-12-6-18;;;;;;;;;;/h1-15H,(H2,26,27,28);1H;9*1H2/b23-13+,24-14+,25-15+;;;;;;;;;;. The molecule has 3 aromatic heterocycles. The molecule has 0 spiro atoms. The van der Waals surface area contributed by atoms with Crippen molar-refractivity contribution < 1.29 is 66.7 Å². The second-order valence-electron chi connectivity index (χ2n) is 5.33. The maximum Gasteiger partial charge on any atom is 0.257 e. The van der Waals surface area contributed by atoms with Gasteiger partial charge in [-0.15, -0.1) is 5.10 Å². The Balaban J connectivity index is -0.000000150. The lowest BCUT2D eigenvalue weighted by Crippen LogP contribution is -3.00. The smallest absolute Gasteiger partial charge is 0.257 e. The van der Waals surface area contributed by atoms with E-state index in [0.717, 1.165) is 16.7 Å². The number of hydrazone groups is 2. The van der Waals surface area contributed by atoms with Crippen LogP contribution in [-0.2, 0) is 0 Å². The lowest BCUT2D eigenvalue weighted by molar-refractivity contribution is -0.378. The Morgan fingerprint density at radius 1 is 0.579 bits per heavy atom. The second-order valence-corrected chi connectivity index (χ2v) is 5.33. The van der Waals surface area contributed by atoms with Crippen molar-refractivity contribution in [2.45, 2.75) is 0 Å². The molecule has 0 amide bonds. The number of nitrogens with one attached hydrogen (secondary N) is 3. The number of aromatic amines is 1. The van der Waals surface area contributed by atoms with Crippen LogP contribution in [0.4, 0.5) is 0 Å². The third-order valence-electron chi connectivity index (χ3n) is 3.29. The molecule has 19 heteroatoms. The summed E-state index contributed by atoms with van der Waals surface area (Å²) in [6.07, 6.45) is 15.3. The minimum Gasteiger partial charge on any atom is -1.00 e. The Bertz CT molecular complexity index is 935. The SMILES string of the molecule is C(=N\N=C(N/N=C/c1ccncc1)N/N=C/c1ccncc1)/c1cc[nH+]cc1.O.O.O.O.O.O.O.O.O.[Cl-]. The Morgan fingerprint density at radius 2 is 0.947 bits per heavy atom. The van der Waals surface area contributed by atoms with Crippen molar-refractivity contribution >= 4 is 24.6 Å². The number of guanidine groups is 1. The van der Waals surface area contributed by atoms with Gasteiger partial charge in [-0.2, -0.15) is 15.3 Å². The fraction of sp³-hybridized carbons (Fsp3) is 0. The molecular weight excluding hydrogens is 534 g/mol. The van der Waals surface area contributed by atoms with Crippen molar-refractivity contribution in [1.82, 2.24) is 20.8 Å². The molecule has 21 N–H and O–H groups in total. The molecule has 3 aromatic rings. The van der Waals surface area contributed by atoms with Gasteiger partial charge in [0.05, 0.1) is 18.6 Å². The van der Waals surface area contributed by atoms with Crippen molar-refractivity contribution in [2.75, 3.05) is 0 Å². The molecule has 0 fully saturated rings. The zero-order valence-corrected chi connectivity index (χ0v) is 20.5. The van der Waals surface area contributed by atoms with Crippen molar-refractivity contribution in [3.63, 3.8) is 0 Å². The van der Waals surface area contributed by atoms with E-state index in [9.17, 15) is 0 Å². The Labute approximate surface area is 223 Å². The molecular formula is C19H36ClN9O9. The summed E-state index contributed by atoms with van der Waals surface area (Å²) < 4.78 is 0. The van der Waals surface area contributed by atoms with Gasteiger partial charge >= 0.3 is 0 Å². The van der Waals surface area contributed by atoms with E-state index in [1.165, 1.54) is 0 Å². The van der Waals surface area contributed by atoms with Crippen LogP contribution in [0.25, 0.3) is 0 Å². The highest BCUT2D eigenvalue weighted by Gasteiger charge is 1.95. The number of aromatic nitrogens is 3. The Morgan fingerprint density at radius 3 is 1.34 bits per heavy atom. The monoisotopic (exact) mass is 569 g/mol. The van der Waals surface area contributed by atoms with E-state index in [4.69, 9.17) is 0 Å². The van der Waals surface area contributed by atoms with Crippen molar-refractivity contribution in [1.29, 1.82) is 0 Å². The van der Waals surface area contributed by atoms with E-state index >= 15 is 0 Å². The molecule has 0 bridgehead atoms. The highest BCUT2D eigenvalue weighted by Crippen LogP contribution is 1.92. The van der Waals surface area contributed by atoms with Gasteiger partial charge in [0.1, 0.15) is 0 Å². The van der Waals surface area contributed by atoms with E-state index in [2.05, 4.69) is 46.2 Å². The molecule has 18 nitrogen and oxygen atoms in total. The van der Waals surface area contributed by atoms with Gasteiger partial charge < -0.3 is 61.7 Å². The zero-order chi connectivity index (χ0) is 19.3. The third-order valence-corrected chi connectivity index (χ3v) is 3.29. The van der Waals surface area contributed by atoms with Gasteiger partial charge in [-0.1, -0.05) is 0 Å². The minimum atomic E-state index is 0. The van der Waals surface area contributed by atoms with Crippen molar-refractivity contribution in [3.8, 4) is 0 Å². The number of hydrogen-bond donors (Lipinski definition) is 2. The Hall–Kier alpha value is -4.34. The van der Waals surface area contributed by atoms with E-state index in [1.807, 2.05) is 36.4 Å². The molecule has 0 radical (unpaired) electrons. The number of hydrogen-bond acceptors (Lipinski definition) is 6. The van der Waals surface area contributed by atoms with Gasteiger partial charge in [0.15, 0.2) is 12.4 Å². The van der Waals surface area contributed by atoms with Gasteiger partial charge in [-0.05, 0) is 35.4 Å². The first-order chi connectivity index (χ1) is 13.9. The quantitative estimate of drug-likeness (QED) is 0.166. The summed E-state index contributed by atoms with van der Waals surface area (Å²) in [6.45, 7) is 0. The largest absolute Gasteiger partial charge is 1.00 e. The molecule has 38 heavy (non-hydrogen) atoms. The lowest BCUT2D eigenvalue weighted by Gasteiger charge is -2.02. The van der Waals surface area contributed by atoms with Crippen LogP contribution in [0.3, 0.4) is 0 Å². The number of nitrogens with zero attached hydrogens (tertiary/aromatic N) is 6. The lowest BCUT2D eigenvalue weighted by atomic mass is 10.3. The summed E-state index contributed by atoms with van der Waals surface area (Å²) in [4.78, 5) is 10.9. The highest BCUT2D eigenvalue weighted by molar-refractivity contribution is 5.86. The molecule has 0 aliphatic heterocycles. The highest BCUT2D eigenvalue weighted by atomic mass is 35.5. The van der Waals surface area contributed by atoms with Crippen LogP contribution in [0.15, 0.2) is 94.0 Å². The maximum atomic E-state index is 4.13. The number of rotatable bonds is 6. The van der Waals surface area contributed by atoms with Gasteiger partial charge in [-0.3, -0.25) is 9.97 Å². The van der Waals surface area contributed by atoms with E-state index in [1.54, 1.807) is 55.8 Å². The third kappa shape index (κ3) is 21.0. The molecule has 0 aromatic carbocycles. The first-order valence-corrected chi connectivity index (χ1v) is 8.35. The van der Waals surface area contributed by atoms with E-state index in [0.29, 0.717) is 0 Å². The number of halogens is 1. The molecule has 0 atom stereocenters. The topological polar surface area (TPSA) is 397 Å². The van der Waals surface area contributed by atoms with Crippen LogP contribution in [-0.4, -0.2) is 83.9 Å². The fourth-order valence-electron chi connectivity index (χ4n) is 1.94. The van der Waals surface area contributed by atoms with E-state index in [-0.39, 0.29) is 67.7 Å². The van der Waals surface area contributed by atoms with Crippen LogP contribution in [0.1, 0.15) is 16.7 Å². The maximum absolute atomic E-state index is 4.13. The Kier molecular flexibility index (Phi) is 46.9. The summed E-state index contributed by atoms with van der Waals surface area (Å²) in [7, 11) is 0. The normalized spacial score (nSPS) is 8.21. The predicted octanol–water partition coefficient (Wildman–Crippen LogP) is -9.19. The minimum absolute atomic E-state index is 0. The predicted molar refractivity (Wildman–Crippen MR) is 140 cm³/mol. The number of pyridine rings is 3. The van der Waals surface area contributed by atoms with Crippen LogP contribution >= 0.6 is 0 Å². The van der Waals surface area contributed by atoms with Crippen molar-refractivity contribution in [2.24, 2.45) is 20.4 Å². The molecule has 0 aliphatic rings. The average molecular weight is 570 g/mol. The van der Waals surface area contributed by atoms with Gasteiger partial charge in [0, 0.05) is 42.5 Å². The molecule has 3 rings (SSSR count). The molecule has 0 saturated heterocycles. The van der Waals surface area contributed by atoms with Crippen LogP contribution < -0.4 is 28.2 Å². The first kappa shape index (κ1) is 54.5. The summed E-state index contributed by atoms with van der Waals surface area (Å²) in [5.74, 6) is 0.259. The molecule has 0 saturated carbocycles. The zero-order valence-electron chi connectivity index (χ0n) is 19.7. The van der Waals surface area contributed by atoms with Gasteiger partial charge in [0.2, 0.25) is 0 Å². The first-order valence-electron chi connectivity index (χ1n) is 8.35. The summed E-state index contributed by atoms with van der Waals surface area (Å²) in [6, 6.07) is 11.1.